The molecule has 1 aromatic heterocycles. The normalized spacial score (nSPS) is 9.89. The van der Waals surface area contributed by atoms with Gasteiger partial charge in [-0.1, -0.05) is 11.6 Å². The van der Waals surface area contributed by atoms with Gasteiger partial charge >= 0.3 is 0 Å². The Morgan fingerprint density at radius 3 is 2.74 bits per heavy atom. The second-order valence-electron chi connectivity index (χ2n) is 3.62. The van der Waals surface area contributed by atoms with E-state index >= 15 is 0 Å². The van der Waals surface area contributed by atoms with E-state index in [-0.39, 0.29) is 0 Å². The fraction of sp³-hybridized carbons (Fsp3) is 0.143. The van der Waals surface area contributed by atoms with Gasteiger partial charge in [0.25, 0.3) is 0 Å². The molecule has 3 nitrogen and oxygen atoms in total. The van der Waals surface area contributed by atoms with Crippen LogP contribution in [-0.2, 0) is 0 Å². The minimum absolute atomic E-state index is 0.559. The third-order valence-corrected chi connectivity index (χ3v) is 3.69. The summed E-state index contributed by atoms with van der Waals surface area (Å²) >= 11 is 7.55. The van der Waals surface area contributed by atoms with Crippen molar-refractivity contribution in [1.82, 2.24) is 4.98 Å². The van der Waals surface area contributed by atoms with Crippen molar-refractivity contribution >= 4 is 23.4 Å². The maximum absolute atomic E-state index is 8.68. The number of halogens is 1. The van der Waals surface area contributed by atoms with Gasteiger partial charge in [0.2, 0.25) is 0 Å². The fourth-order valence-corrected chi connectivity index (χ4v) is 2.39. The van der Waals surface area contributed by atoms with Gasteiger partial charge in [-0.3, -0.25) is 0 Å². The molecule has 0 unspecified atom stereocenters. The van der Waals surface area contributed by atoms with E-state index in [1.165, 1.54) is 0 Å². The molecule has 0 radical (unpaired) electrons. The van der Waals surface area contributed by atoms with Crippen LogP contribution in [0.4, 0.5) is 0 Å². The van der Waals surface area contributed by atoms with Crippen molar-refractivity contribution in [1.29, 1.82) is 5.26 Å². The average molecular weight is 291 g/mol. The van der Waals surface area contributed by atoms with E-state index in [1.807, 2.05) is 6.07 Å². The molecule has 19 heavy (non-hydrogen) atoms. The smallest absolute Gasteiger partial charge is 0.119 e. The molecule has 0 saturated carbocycles. The molecule has 1 aromatic carbocycles. The summed E-state index contributed by atoms with van der Waals surface area (Å²) in [6, 6.07) is 12.7. The van der Waals surface area contributed by atoms with Gasteiger partial charge in [-0.05, 0) is 36.4 Å². The lowest BCUT2D eigenvalue weighted by molar-refractivity contribution is 0.344. The number of nitriles is 1. The van der Waals surface area contributed by atoms with E-state index in [4.69, 9.17) is 21.6 Å². The van der Waals surface area contributed by atoms with Crippen molar-refractivity contribution in [3.8, 4) is 11.8 Å². The van der Waals surface area contributed by atoms with Gasteiger partial charge < -0.3 is 4.74 Å². The van der Waals surface area contributed by atoms with Crippen molar-refractivity contribution in [3.63, 3.8) is 0 Å². The highest BCUT2D eigenvalue weighted by molar-refractivity contribution is 7.99. The SMILES string of the molecule is N#Cc1ccc(OCCSc2ncccc2Cl)cc1. The molecule has 96 valence electrons. The molecule has 0 aliphatic heterocycles. The van der Waals surface area contributed by atoms with Crippen molar-refractivity contribution in [2.75, 3.05) is 12.4 Å². The number of pyridine rings is 1. The standard InChI is InChI=1S/C14H11ClN2OS/c15-13-2-1-7-17-14(13)19-9-8-18-12-5-3-11(10-16)4-6-12/h1-7H,8-9H2. The Labute approximate surface area is 121 Å². The number of aromatic nitrogens is 1. The lowest BCUT2D eigenvalue weighted by Crippen LogP contribution is -2.00. The number of rotatable bonds is 5. The summed E-state index contributed by atoms with van der Waals surface area (Å²) in [5.41, 5.74) is 0.627. The Bertz CT molecular complexity index is 581. The highest BCUT2D eigenvalue weighted by atomic mass is 35.5. The third kappa shape index (κ3) is 4.16. The van der Waals surface area contributed by atoms with E-state index < -0.39 is 0 Å². The molecule has 0 fully saturated rings. The largest absolute Gasteiger partial charge is 0.493 e. The summed E-state index contributed by atoms with van der Waals surface area (Å²) in [4.78, 5) is 4.18. The summed E-state index contributed by atoms with van der Waals surface area (Å²) in [5, 5.41) is 10.2. The van der Waals surface area contributed by atoms with Gasteiger partial charge in [-0.15, -0.1) is 11.8 Å². The van der Waals surface area contributed by atoms with E-state index in [9.17, 15) is 0 Å². The van der Waals surface area contributed by atoms with Crippen LogP contribution in [-0.4, -0.2) is 17.3 Å². The molecule has 1 heterocycles. The lowest BCUT2D eigenvalue weighted by atomic mass is 10.2. The van der Waals surface area contributed by atoms with Crippen LogP contribution < -0.4 is 4.74 Å². The van der Waals surface area contributed by atoms with Crippen LogP contribution in [0.3, 0.4) is 0 Å². The van der Waals surface area contributed by atoms with Crippen molar-refractivity contribution in [2.24, 2.45) is 0 Å². The van der Waals surface area contributed by atoms with Crippen LogP contribution in [0.25, 0.3) is 0 Å². The Morgan fingerprint density at radius 1 is 1.26 bits per heavy atom. The molecular formula is C14H11ClN2OS. The van der Waals surface area contributed by atoms with E-state index in [1.54, 1.807) is 48.3 Å². The van der Waals surface area contributed by atoms with Crippen LogP contribution in [0.1, 0.15) is 5.56 Å². The van der Waals surface area contributed by atoms with Crippen LogP contribution in [0.15, 0.2) is 47.6 Å². The monoisotopic (exact) mass is 290 g/mol. The molecule has 0 bridgehead atoms. The highest BCUT2D eigenvalue weighted by Crippen LogP contribution is 2.23. The molecule has 0 amide bonds. The molecule has 0 atom stereocenters. The topological polar surface area (TPSA) is 45.9 Å². The first-order valence-corrected chi connectivity index (χ1v) is 7.02. The number of nitrogens with zero attached hydrogens (tertiary/aromatic N) is 2. The minimum Gasteiger partial charge on any atom is -0.493 e. The molecule has 5 heteroatoms. The summed E-state index contributed by atoms with van der Waals surface area (Å²) in [6.07, 6.45) is 1.72. The van der Waals surface area contributed by atoms with Crippen molar-refractivity contribution in [2.45, 2.75) is 5.03 Å². The molecule has 0 aliphatic carbocycles. The summed E-state index contributed by atoms with van der Waals surface area (Å²) in [7, 11) is 0. The predicted molar refractivity (Wildman–Crippen MR) is 76.6 cm³/mol. The first kappa shape index (κ1) is 13.7. The molecule has 2 rings (SSSR count). The molecule has 0 spiro atoms. The second kappa shape index (κ2) is 7.03. The summed E-state index contributed by atoms with van der Waals surface area (Å²) < 4.78 is 5.57. The molecular weight excluding hydrogens is 280 g/mol. The fourth-order valence-electron chi connectivity index (χ4n) is 1.40. The van der Waals surface area contributed by atoms with Crippen LogP contribution in [0, 0.1) is 11.3 Å². The summed E-state index contributed by atoms with van der Waals surface area (Å²) in [5.74, 6) is 1.52. The van der Waals surface area contributed by atoms with Crippen molar-refractivity contribution < 1.29 is 4.74 Å². The lowest BCUT2D eigenvalue weighted by Gasteiger charge is -2.06. The van der Waals surface area contributed by atoms with Gasteiger partial charge in [0.1, 0.15) is 10.8 Å². The second-order valence-corrected chi connectivity index (χ2v) is 5.11. The Morgan fingerprint density at radius 2 is 2.05 bits per heavy atom. The highest BCUT2D eigenvalue weighted by Gasteiger charge is 2.01. The number of thioether (sulfide) groups is 1. The molecule has 0 aliphatic rings. The zero-order valence-electron chi connectivity index (χ0n) is 10.0. The van der Waals surface area contributed by atoms with Gasteiger partial charge in [0.15, 0.2) is 0 Å². The predicted octanol–water partition coefficient (Wildman–Crippen LogP) is 3.78. The molecule has 0 N–H and O–H groups in total. The number of benzene rings is 1. The van der Waals surface area contributed by atoms with Gasteiger partial charge in [0, 0.05) is 11.9 Å². The Hall–Kier alpha value is -1.70. The van der Waals surface area contributed by atoms with E-state index in [0.29, 0.717) is 17.2 Å². The Kier molecular flexibility index (Phi) is 5.08. The zero-order valence-corrected chi connectivity index (χ0v) is 11.6. The quantitative estimate of drug-likeness (QED) is 0.621. The maximum Gasteiger partial charge on any atom is 0.119 e. The van der Waals surface area contributed by atoms with Gasteiger partial charge in [-0.2, -0.15) is 5.26 Å². The minimum atomic E-state index is 0.559. The number of hydrogen-bond acceptors (Lipinski definition) is 4. The van der Waals surface area contributed by atoms with Crippen molar-refractivity contribution in [3.05, 3.63) is 53.2 Å². The summed E-state index contributed by atoms with van der Waals surface area (Å²) in [6.45, 7) is 0.559. The third-order valence-electron chi connectivity index (χ3n) is 2.30. The zero-order chi connectivity index (χ0) is 13.5. The maximum atomic E-state index is 8.68. The average Bonchev–Trinajstić information content (AvgIpc) is 2.46. The van der Waals surface area contributed by atoms with Crippen LogP contribution in [0.5, 0.6) is 5.75 Å². The Balaban J connectivity index is 1.78. The first-order chi connectivity index (χ1) is 9.29. The number of hydrogen-bond donors (Lipinski definition) is 0. The van der Waals surface area contributed by atoms with E-state index in [0.717, 1.165) is 16.5 Å². The first-order valence-electron chi connectivity index (χ1n) is 5.66. The molecule has 0 saturated heterocycles. The number of ether oxygens (including phenoxy) is 1. The van der Waals surface area contributed by atoms with Gasteiger partial charge in [0.05, 0.1) is 23.3 Å². The molecule has 2 aromatic rings. The van der Waals surface area contributed by atoms with Gasteiger partial charge in [-0.25, -0.2) is 4.98 Å². The van der Waals surface area contributed by atoms with Crippen LogP contribution in [0.2, 0.25) is 5.02 Å². The van der Waals surface area contributed by atoms with Crippen LogP contribution >= 0.6 is 23.4 Å². The van der Waals surface area contributed by atoms with E-state index in [2.05, 4.69) is 11.1 Å².